The highest BCUT2D eigenvalue weighted by Crippen LogP contribution is 2.40. The summed E-state index contributed by atoms with van der Waals surface area (Å²) >= 11 is 0. The molecular weight excluding hydrogens is 414 g/mol. The molecule has 6 heteroatoms. The number of H-pyrrole nitrogens is 1. The lowest BCUT2D eigenvalue weighted by Crippen LogP contribution is -2.39. The largest absolute Gasteiger partial charge is 0.381 e. The number of ether oxygens (including phenoxy) is 1. The molecule has 1 atom stereocenters. The minimum absolute atomic E-state index is 0.161. The molecule has 0 bridgehead atoms. The number of carbonyl (C=O) groups excluding carboxylic acids is 2. The number of primary amides is 1. The summed E-state index contributed by atoms with van der Waals surface area (Å²) in [6.07, 6.45) is 12.6. The van der Waals surface area contributed by atoms with Crippen LogP contribution in [0.15, 0.2) is 18.2 Å². The molecule has 1 aromatic carbocycles. The van der Waals surface area contributed by atoms with E-state index in [1.165, 1.54) is 40.6 Å². The number of nitrogens with two attached hydrogens (primary N) is 1. The lowest BCUT2D eigenvalue weighted by molar-refractivity contribution is -0.123. The summed E-state index contributed by atoms with van der Waals surface area (Å²) in [7, 11) is 0. The van der Waals surface area contributed by atoms with Gasteiger partial charge in [0.1, 0.15) is 0 Å². The van der Waals surface area contributed by atoms with Crippen molar-refractivity contribution < 1.29 is 14.3 Å². The lowest BCUT2D eigenvalue weighted by Gasteiger charge is -2.26. The summed E-state index contributed by atoms with van der Waals surface area (Å²) in [5, 5.41) is 4.49. The molecule has 33 heavy (non-hydrogen) atoms. The molecular formula is C27H35N3O3. The second kappa shape index (κ2) is 9.72. The molecule has 0 radical (unpaired) electrons. The summed E-state index contributed by atoms with van der Waals surface area (Å²) in [6, 6.07) is 4.51. The van der Waals surface area contributed by atoms with Crippen molar-refractivity contribution in [3.05, 3.63) is 40.6 Å². The minimum atomic E-state index is -0.309. The molecule has 0 saturated carbocycles. The van der Waals surface area contributed by atoms with Gasteiger partial charge in [0.25, 0.3) is 0 Å². The van der Waals surface area contributed by atoms with Crippen LogP contribution in [0.2, 0.25) is 0 Å². The molecule has 2 amide bonds. The third kappa shape index (κ3) is 4.86. The minimum Gasteiger partial charge on any atom is -0.381 e. The summed E-state index contributed by atoms with van der Waals surface area (Å²) in [4.78, 5) is 28.1. The number of amides is 2. The van der Waals surface area contributed by atoms with Gasteiger partial charge in [0.2, 0.25) is 11.8 Å². The molecule has 1 fully saturated rings. The Balaban J connectivity index is 1.40. The van der Waals surface area contributed by atoms with Gasteiger partial charge < -0.3 is 20.8 Å². The maximum Gasteiger partial charge on any atom is 0.221 e. The van der Waals surface area contributed by atoms with Crippen molar-refractivity contribution in [1.29, 1.82) is 0 Å². The van der Waals surface area contributed by atoms with Crippen LogP contribution in [0.25, 0.3) is 16.5 Å². The first-order valence-electron chi connectivity index (χ1n) is 12.6. The Hall–Kier alpha value is -2.60. The Morgan fingerprint density at radius 1 is 1.12 bits per heavy atom. The second-order valence-electron chi connectivity index (χ2n) is 9.99. The number of allylic oxidation sites excluding steroid dienone is 2. The molecule has 1 aliphatic heterocycles. The Kier molecular flexibility index (Phi) is 6.54. The molecule has 2 aromatic rings. The highest BCUT2D eigenvalue weighted by atomic mass is 16.5. The van der Waals surface area contributed by atoms with Crippen LogP contribution in [0.4, 0.5) is 0 Å². The van der Waals surface area contributed by atoms with E-state index in [1.807, 2.05) is 0 Å². The Bertz CT molecular complexity index is 1080. The van der Waals surface area contributed by atoms with E-state index in [4.69, 9.17) is 10.5 Å². The van der Waals surface area contributed by atoms with Crippen molar-refractivity contribution in [3.8, 4) is 0 Å². The number of fused-ring (bicyclic) bond motifs is 3. The first-order valence-corrected chi connectivity index (χ1v) is 12.6. The van der Waals surface area contributed by atoms with Gasteiger partial charge in [-0.3, -0.25) is 9.59 Å². The van der Waals surface area contributed by atoms with E-state index < -0.39 is 0 Å². The monoisotopic (exact) mass is 449 g/mol. The summed E-state index contributed by atoms with van der Waals surface area (Å²) in [6.45, 7) is 1.47. The molecule has 1 aromatic heterocycles. The average Bonchev–Trinajstić information content (AvgIpc) is 3.19. The average molecular weight is 450 g/mol. The third-order valence-corrected chi connectivity index (χ3v) is 7.59. The molecule has 6 nitrogen and oxygen atoms in total. The van der Waals surface area contributed by atoms with Crippen LogP contribution in [0.1, 0.15) is 73.8 Å². The highest BCUT2D eigenvalue weighted by Gasteiger charge is 2.28. The number of aromatic nitrogens is 1. The predicted molar refractivity (Wildman–Crippen MR) is 130 cm³/mol. The Labute approximate surface area is 195 Å². The Morgan fingerprint density at radius 2 is 1.97 bits per heavy atom. The van der Waals surface area contributed by atoms with E-state index >= 15 is 0 Å². The van der Waals surface area contributed by atoms with Crippen LogP contribution >= 0.6 is 0 Å². The van der Waals surface area contributed by atoms with Gasteiger partial charge in [-0.2, -0.15) is 0 Å². The number of hydrogen-bond acceptors (Lipinski definition) is 3. The number of aryl methyl sites for hydroxylation is 1. The van der Waals surface area contributed by atoms with Crippen LogP contribution in [-0.4, -0.2) is 36.1 Å². The first kappa shape index (κ1) is 22.2. The van der Waals surface area contributed by atoms with Crippen molar-refractivity contribution in [3.63, 3.8) is 0 Å². The number of hydrogen-bond donors (Lipinski definition) is 3. The predicted octanol–water partition coefficient (Wildman–Crippen LogP) is 3.94. The summed E-state index contributed by atoms with van der Waals surface area (Å²) in [5.41, 5.74) is 12.9. The van der Waals surface area contributed by atoms with Gasteiger partial charge in [0, 0.05) is 36.8 Å². The topological polar surface area (TPSA) is 97.2 Å². The fourth-order valence-corrected chi connectivity index (χ4v) is 5.92. The van der Waals surface area contributed by atoms with Crippen molar-refractivity contribution in [2.75, 3.05) is 13.2 Å². The van der Waals surface area contributed by atoms with E-state index in [9.17, 15) is 9.59 Å². The van der Waals surface area contributed by atoms with Crippen molar-refractivity contribution in [2.24, 2.45) is 11.7 Å². The van der Waals surface area contributed by atoms with Crippen molar-refractivity contribution in [2.45, 2.75) is 76.7 Å². The molecule has 176 valence electrons. The molecule has 2 heterocycles. The first-order chi connectivity index (χ1) is 16.1. The lowest BCUT2D eigenvalue weighted by atomic mass is 9.82. The molecule has 3 aliphatic rings. The van der Waals surface area contributed by atoms with Gasteiger partial charge in [-0.05, 0) is 86.0 Å². The molecule has 2 aliphatic carbocycles. The standard InChI is InChI=1S/C27H35N3O3/c28-24(31)16-19-7-9-21(18-4-2-1-3-5-18)26-22-8-6-17(14-23(22)30-27(19)26)15-25(32)29-20-10-12-33-13-11-20/h4,7,9,17,20,30H,1-3,5-6,8,10-16H2,(H2,28,31)(H,29,32). The van der Waals surface area contributed by atoms with Gasteiger partial charge in [-0.25, -0.2) is 0 Å². The van der Waals surface area contributed by atoms with E-state index in [0.29, 0.717) is 12.3 Å². The smallest absolute Gasteiger partial charge is 0.221 e. The van der Waals surface area contributed by atoms with Gasteiger partial charge in [-0.1, -0.05) is 18.2 Å². The normalized spacial score (nSPS) is 21.5. The zero-order valence-corrected chi connectivity index (χ0v) is 19.4. The SMILES string of the molecule is NC(=O)Cc1ccc(C2=CCCCC2)c2c3c([nH]c12)CC(CC(=O)NC1CCOCC1)CC3. The summed E-state index contributed by atoms with van der Waals surface area (Å²) in [5.74, 6) is 0.187. The highest BCUT2D eigenvalue weighted by molar-refractivity contribution is 5.99. The number of carbonyl (C=O) groups is 2. The van der Waals surface area contributed by atoms with Crippen LogP contribution in [-0.2, 0) is 33.6 Å². The number of aromatic amines is 1. The van der Waals surface area contributed by atoms with E-state index in [2.05, 4.69) is 28.5 Å². The molecule has 5 rings (SSSR count). The van der Waals surface area contributed by atoms with Crippen LogP contribution < -0.4 is 11.1 Å². The van der Waals surface area contributed by atoms with Crippen LogP contribution in [0.5, 0.6) is 0 Å². The van der Waals surface area contributed by atoms with Gasteiger partial charge in [0.15, 0.2) is 0 Å². The maximum absolute atomic E-state index is 12.7. The third-order valence-electron chi connectivity index (χ3n) is 7.59. The van der Waals surface area contributed by atoms with E-state index in [1.54, 1.807) is 0 Å². The fraction of sp³-hybridized carbons (Fsp3) is 0.556. The Morgan fingerprint density at radius 3 is 2.73 bits per heavy atom. The van der Waals surface area contributed by atoms with E-state index in [-0.39, 0.29) is 24.3 Å². The van der Waals surface area contributed by atoms with E-state index in [0.717, 1.165) is 69.2 Å². The molecule has 0 spiro atoms. The number of benzene rings is 1. The second-order valence-corrected chi connectivity index (χ2v) is 9.99. The molecule has 1 saturated heterocycles. The van der Waals surface area contributed by atoms with Crippen molar-refractivity contribution in [1.82, 2.24) is 10.3 Å². The zero-order chi connectivity index (χ0) is 22.8. The fourth-order valence-electron chi connectivity index (χ4n) is 5.92. The zero-order valence-electron chi connectivity index (χ0n) is 19.4. The van der Waals surface area contributed by atoms with Crippen molar-refractivity contribution >= 4 is 28.3 Å². The van der Waals surface area contributed by atoms with Gasteiger partial charge in [0.05, 0.1) is 11.9 Å². The molecule has 1 unspecified atom stereocenters. The molecule has 4 N–H and O–H groups in total. The van der Waals surface area contributed by atoms with Crippen LogP contribution in [0, 0.1) is 5.92 Å². The van der Waals surface area contributed by atoms with Crippen LogP contribution in [0.3, 0.4) is 0 Å². The quantitative estimate of drug-likeness (QED) is 0.623. The maximum atomic E-state index is 12.7. The number of rotatable bonds is 6. The van der Waals surface area contributed by atoms with Gasteiger partial charge in [-0.15, -0.1) is 0 Å². The van der Waals surface area contributed by atoms with Gasteiger partial charge >= 0.3 is 0 Å². The number of nitrogens with one attached hydrogen (secondary N) is 2. The summed E-state index contributed by atoms with van der Waals surface area (Å²) < 4.78 is 5.40.